The van der Waals surface area contributed by atoms with E-state index >= 15 is 0 Å². The zero-order valence-corrected chi connectivity index (χ0v) is 12.8. The Hall–Kier alpha value is -2.18. The van der Waals surface area contributed by atoms with Gasteiger partial charge in [0.15, 0.2) is 0 Å². The van der Waals surface area contributed by atoms with Gasteiger partial charge in [0.05, 0.1) is 12.2 Å². The van der Waals surface area contributed by atoms with E-state index in [-0.39, 0.29) is 11.9 Å². The third-order valence-electron chi connectivity index (χ3n) is 3.24. The monoisotopic (exact) mass is 290 g/mol. The molecule has 0 spiro atoms. The van der Waals surface area contributed by atoms with Gasteiger partial charge in [-0.05, 0) is 25.3 Å². The fourth-order valence-electron chi connectivity index (χ4n) is 2.23. The summed E-state index contributed by atoms with van der Waals surface area (Å²) in [5.74, 6) is 0.809. The fraction of sp³-hybridized carbons (Fsp3) is 0.571. The Kier molecular flexibility index (Phi) is 5.08. The Morgan fingerprint density at radius 1 is 1.43 bits per heavy atom. The van der Waals surface area contributed by atoms with Gasteiger partial charge in [0.1, 0.15) is 12.2 Å². The van der Waals surface area contributed by atoms with Crippen molar-refractivity contribution < 1.29 is 4.79 Å². The van der Waals surface area contributed by atoms with E-state index in [0.29, 0.717) is 12.8 Å². The van der Waals surface area contributed by atoms with Crippen molar-refractivity contribution in [3.8, 4) is 0 Å². The molecule has 2 heterocycles. The van der Waals surface area contributed by atoms with E-state index in [1.165, 1.54) is 6.33 Å². The largest absolute Gasteiger partial charge is 0.346 e. The highest BCUT2D eigenvalue weighted by atomic mass is 16.1. The van der Waals surface area contributed by atoms with Crippen LogP contribution in [-0.2, 0) is 24.8 Å². The number of amides is 1. The lowest BCUT2D eigenvalue weighted by atomic mass is 10.2. The summed E-state index contributed by atoms with van der Waals surface area (Å²) in [6.45, 7) is 4.83. The lowest BCUT2D eigenvalue weighted by molar-refractivity contribution is -0.121. The van der Waals surface area contributed by atoms with Gasteiger partial charge in [0, 0.05) is 26.2 Å². The number of aryl methyl sites for hydroxylation is 3. The van der Waals surface area contributed by atoms with Gasteiger partial charge in [-0.25, -0.2) is 9.67 Å². The van der Waals surface area contributed by atoms with Crippen LogP contribution in [-0.4, -0.2) is 30.5 Å². The summed E-state index contributed by atoms with van der Waals surface area (Å²) in [5, 5.41) is 11.2. The predicted molar refractivity (Wildman–Crippen MR) is 78.4 cm³/mol. The predicted octanol–water partition coefficient (Wildman–Crippen LogP) is 1.23. The molecule has 114 valence electrons. The van der Waals surface area contributed by atoms with Crippen molar-refractivity contribution in [1.82, 2.24) is 29.9 Å². The third kappa shape index (κ3) is 4.14. The standard InChI is InChI=1S/C14H22N6O/c1-4-7-20-14(15-10-17-20)11(2)18-13(21)6-5-12-8-16-19(3)9-12/h8-11H,4-7H2,1-3H3,(H,18,21)/t11-/m0/s1. The first kappa shape index (κ1) is 15.2. The molecule has 0 aromatic carbocycles. The van der Waals surface area contributed by atoms with Gasteiger partial charge in [0.2, 0.25) is 5.91 Å². The summed E-state index contributed by atoms with van der Waals surface area (Å²) in [4.78, 5) is 16.2. The molecule has 0 bridgehead atoms. The van der Waals surface area contributed by atoms with Gasteiger partial charge < -0.3 is 5.32 Å². The average molecular weight is 290 g/mol. The summed E-state index contributed by atoms with van der Waals surface area (Å²) in [6, 6.07) is -0.138. The van der Waals surface area contributed by atoms with Crippen LogP contribution in [0.25, 0.3) is 0 Å². The third-order valence-corrected chi connectivity index (χ3v) is 3.24. The van der Waals surface area contributed by atoms with Crippen LogP contribution in [0.1, 0.15) is 44.1 Å². The zero-order chi connectivity index (χ0) is 15.2. The van der Waals surface area contributed by atoms with Gasteiger partial charge in [-0.15, -0.1) is 0 Å². The molecule has 2 aromatic heterocycles. The van der Waals surface area contributed by atoms with E-state index in [9.17, 15) is 4.79 Å². The van der Waals surface area contributed by atoms with Crippen molar-refractivity contribution in [2.24, 2.45) is 7.05 Å². The van der Waals surface area contributed by atoms with E-state index in [0.717, 1.165) is 24.4 Å². The van der Waals surface area contributed by atoms with Crippen molar-refractivity contribution >= 4 is 5.91 Å². The quantitative estimate of drug-likeness (QED) is 0.832. The molecular weight excluding hydrogens is 268 g/mol. The summed E-state index contributed by atoms with van der Waals surface area (Å²) >= 11 is 0. The summed E-state index contributed by atoms with van der Waals surface area (Å²) in [7, 11) is 1.87. The number of hydrogen-bond donors (Lipinski definition) is 1. The molecule has 1 N–H and O–H groups in total. The molecule has 0 fully saturated rings. The maximum atomic E-state index is 12.0. The Labute approximate surface area is 124 Å². The second kappa shape index (κ2) is 7.01. The number of nitrogens with zero attached hydrogens (tertiary/aromatic N) is 5. The van der Waals surface area contributed by atoms with Gasteiger partial charge in [0.25, 0.3) is 0 Å². The number of rotatable bonds is 7. The smallest absolute Gasteiger partial charge is 0.220 e. The molecule has 7 nitrogen and oxygen atoms in total. The van der Waals surface area contributed by atoms with Crippen LogP contribution in [0.5, 0.6) is 0 Å². The van der Waals surface area contributed by atoms with Crippen LogP contribution in [0.2, 0.25) is 0 Å². The number of carbonyl (C=O) groups excluding carboxylic acids is 1. The van der Waals surface area contributed by atoms with Gasteiger partial charge >= 0.3 is 0 Å². The van der Waals surface area contributed by atoms with Gasteiger partial charge in [-0.1, -0.05) is 6.92 Å². The van der Waals surface area contributed by atoms with Crippen molar-refractivity contribution in [1.29, 1.82) is 0 Å². The fourth-order valence-corrected chi connectivity index (χ4v) is 2.23. The molecule has 2 rings (SSSR count). The van der Waals surface area contributed by atoms with Crippen LogP contribution >= 0.6 is 0 Å². The molecule has 0 unspecified atom stereocenters. The Bertz CT molecular complexity index is 588. The summed E-state index contributed by atoms with van der Waals surface area (Å²) in [5.41, 5.74) is 1.06. The highest BCUT2D eigenvalue weighted by Gasteiger charge is 2.15. The minimum absolute atomic E-state index is 0.0115. The number of aromatic nitrogens is 5. The molecule has 0 aliphatic carbocycles. The molecule has 1 atom stereocenters. The van der Waals surface area contributed by atoms with E-state index in [4.69, 9.17) is 0 Å². The first-order chi connectivity index (χ1) is 10.1. The Morgan fingerprint density at radius 3 is 2.90 bits per heavy atom. The molecule has 0 aliphatic rings. The van der Waals surface area contributed by atoms with Crippen molar-refractivity contribution in [2.75, 3.05) is 0 Å². The number of hydrogen-bond acceptors (Lipinski definition) is 4. The molecule has 0 aliphatic heterocycles. The average Bonchev–Trinajstić information content (AvgIpc) is 3.06. The minimum Gasteiger partial charge on any atom is -0.346 e. The van der Waals surface area contributed by atoms with Crippen molar-refractivity contribution in [3.05, 3.63) is 30.1 Å². The lowest BCUT2D eigenvalue weighted by Crippen LogP contribution is -2.29. The maximum Gasteiger partial charge on any atom is 0.220 e. The van der Waals surface area contributed by atoms with Gasteiger partial charge in [-0.2, -0.15) is 10.2 Å². The molecule has 2 aromatic rings. The van der Waals surface area contributed by atoms with Gasteiger partial charge in [-0.3, -0.25) is 9.48 Å². The Morgan fingerprint density at radius 2 is 2.24 bits per heavy atom. The highest BCUT2D eigenvalue weighted by Crippen LogP contribution is 2.10. The van der Waals surface area contributed by atoms with E-state index in [1.54, 1.807) is 10.9 Å². The van der Waals surface area contributed by atoms with E-state index < -0.39 is 0 Å². The molecule has 0 radical (unpaired) electrons. The topological polar surface area (TPSA) is 77.6 Å². The molecule has 0 saturated heterocycles. The maximum absolute atomic E-state index is 12.0. The molecule has 21 heavy (non-hydrogen) atoms. The van der Waals surface area contributed by atoms with Crippen LogP contribution < -0.4 is 5.32 Å². The summed E-state index contributed by atoms with van der Waals surface area (Å²) in [6.07, 6.45) is 7.36. The molecular formula is C14H22N6O. The zero-order valence-electron chi connectivity index (χ0n) is 12.8. The second-order valence-corrected chi connectivity index (χ2v) is 5.15. The van der Waals surface area contributed by atoms with E-state index in [2.05, 4.69) is 27.4 Å². The first-order valence-corrected chi connectivity index (χ1v) is 7.24. The van der Waals surface area contributed by atoms with Crippen molar-refractivity contribution in [3.63, 3.8) is 0 Å². The SMILES string of the molecule is CCCn1ncnc1[C@H](C)NC(=O)CCc1cnn(C)c1. The van der Waals surface area contributed by atoms with Crippen molar-refractivity contribution in [2.45, 2.75) is 45.7 Å². The second-order valence-electron chi connectivity index (χ2n) is 5.15. The number of carbonyl (C=O) groups is 1. The van der Waals surface area contributed by atoms with Crippen LogP contribution in [0.3, 0.4) is 0 Å². The van der Waals surface area contributed by atoms with E-state index in [1.807, 2.05) is 24.9 Å². The Balaban J connectivity index is 1.85. The van der Waals surface area contributed by atoms with Crippen LogP contribution in [0.15, 0.2) is 18.7 Å². The first-order valence-electron chi connectivity index (χ1n) is 7.24. The van der Waals surface area contributed by atoms with Crippen LogP contribution in [0, 0.1) is 0 Å². The molecule has 0 saturated carbocycles. The molecule has 7 heteroatoms. The molecule has 1 amide bonds. The van der Waals surface area contributed by atoms with Crippen LogP contribution in [0.4, 0.5) is 0 Å². The number of nitrogens with one attached hydrogen (secondary N) is 1. The minimum atomic E-state index is -0.138. The normalized spacial score (nSPS) is 12.3. The highest BCUT2D eigenvalue weighted by molar-refractivity contribution is 5.76. The lowest BCUT2D eigenvalue weighted by Gasteiger charge is -2.14. The summed E-state index contributed by atoms with van der Waals surface area (Å²) < 4.78 is 3.58.